The van der Waals surface area contributed by atoms with Crippen LogP contribution in [0.15, 0.2) is 42.6 Å². The van der Waals surface area contributed by atoms with Gasteiger partial charge in [0.05, 0.1) is 28.3 Å². The largest absolute Gasteiger partial charge is 0.350 e. The third kappa shape index (κ3) is 2.46. The Hall–Kier alpha value is -2.37. The van der Waals surface area contributed by atoms with E-state index >= 15 is 0 Å². The van der Waals surface area contributed by atoms with E-state index in [0.717, 1.165) is 17.4 Å². The van der Waals surface area contributed by atoms with Crippen molar-refractivity contribution in [3.05, 3.63) is 64.3 Å². The molecule has 5 nitrogen and oxygen atoms in total. The number of aromatic nitrogens is 2. The first-order valence-electron chi connectivity index (χ1n) is 7.83. The van der Waals surface area contributed by atoms with Gasteiger partial charge in [-0.25, -0.2) is 0 Å². The number of likely N-dealkylation sites (N-methyl/N-ethyl adjacent to an activating group) is 1. The summed E-state index contributed by atoms with van der Waals surface area (Å²) in [4.78, 5) is 14.8. The van der Waals surface area contributed by atoms with Crippen molar-refractivity contribution in [3.8, 4) is 0 Å². The van der Waals surface area contributed by atoms with E-state index < -0.39 is 0 Å². The van der Waals surface area contributed by atoms with Gasteiger partial charge < -0.3 is 5.32 Å². The molecule has 3 aromatic rings. The average molecular weight is 341 g/mol. The van der Waals surface area contributed by atoms with Gasteiger partial charge in [0.1, 0.15) is 0 Å². The molecule has 4 rings (SSSR count). The first-order valence-corrected chi connectivity index (χ1v) is 8.21. The van der Waals surface area contributed by atoms with Crippen LogP contribution in [0.1, 0.15) is 27.5 Å². The summed E-state index contributed by atoms with van der Waals surface area (Å²) in [6.07, 6.45) is 1.63. The minimum absolute atomic E-state index is 0.166. The van der Waals surface area contributed by atoms with Crippen molar-refractivity contribution < 1.29 is 4.79 Å². The smallest absolute Gasteiger partial charge is 0.252 e. The van der Waals surface area contributed by atoms with Crippen molar-refractivity contribution in [1.29, 1.82) is 0 Å². The number of hydrogen-bond donors (Lipinski definition) is 2. The van der Waals surface area contributed by atoms with Crippen LogP contribution in [0.5, 0.6) is 0 Å². The number of fused-ring (bicyclic) bond motifs is 2. The van der Waals surface area contributed by atoms with Gasteiger partial charge in [-0.3, -0.25) is 14.8 Å². The molecule has 0 saturated heterocycles. The van der Waals surface area contributed by atoms with Crippen LogP contribution in [0, 0.1) is 0 Å². The molecular weight excluding hydrogens is 324 g/mol. The fourth-order valence-corrected chi connectivity index (χ4v) is 3.63. The highest BCUT2D eigenvalue weighted by Crippen LogP contribution is 2.31. The molecule has 0 saturated carbocycles. The molecule has 0 bridgehead atoms. The number of nitrogens with one attached hydrogen (secondary N) is 2. The molecule has 6 heteroatoms. The summed E-state index contributed by atoms with van der Waals surface area (Å²) in [7, 11) is 2.07. The minimum atomic E-state index is -0.166. The van der Waals surface area contributed by atoms with Crippen molar-refractivity contribution in [2.45, 2.75) is 12.6 Å². The van der Waals surface area contributed by atoms with Crippen molar-refractivity contribution >= 4 is 28.4 Å². The highest BCUT2D eigenvalue weighted by molar-refractivity contribution is 6.38. The van der Waals surface area contributed by atoms with Gasteiger partial charge >= 0.3 is 0 Å². The summed E-state index contributed by atoms with van der Waals surface area (Å²) in [5.74, 6) is -0.166. The lowest BCUT2D eigenvalue weighted by molar-refractivity contribution is 0.0941. The van der Waals surface area contributed by atoms with Crippen LogP contribution in [0.25, 0.3) is 10.9 Å². The van der Waals surface area contributed by atoms with Gasteiger partial charge in [-0.1, -0.05) is 35.9 Å². The molecule has 0 aliphatic carbocycles. The maximum atomic E-state index is 12.6. The molecule has 2 aromatic carbocycles. The normalized spacial score (nSPS) is 17.2. The summed E-state index contributed by atoms with van der Waals surface area (Å²) in [6, 6.07) is 12.1. The lowest BCUT2D eigenvalue weighted by Gasteiger charge is -2.21. The van der Waals surface area contributed by atoms with E-state index in [1.54, 1.807) is 12.3 Å². The van der Waals surface area contributed by atoms with E-state index in [0.29, 0.717) is 17.1 Å². The Bertz CT molecular complexity index is 920. The van der Waals surface area contributed by atoms with E-state index in [4.69, 9.17) is 11.6 Å². The number of halogens is 1. The Morgan fingerprint density at radius 2 is 2.21 bits per heavy atom. The van der Waals surface area contributed by atoms with Gasteiger partial charge in [-0.05, 0) is 30.3 Å². The SMILES string of the molecule is CN1Cc2ccccc2C1CNC(=O)c1ccc2[nH]ncc2c1Cl. The van der Waals surface area contributed by atoms with Gasteiger partial charge in [-0.2, -0.15) is 5.10 Å². The molecule has 1 atom stereocenters. The molecule has 0 fully saturated rings. The average Bonchev–Trinajstić information content (AvgIpc) is 3.17. The molecule has 122 valence electrons. The third-order valence-electron chi connectivity index (χ3n) is 4.62. The number of carbonyl (C=O) groups is 1. The summed E-state index contributed by atoms with van der Waals surface area (Å²) in [6.45, 7) is 1.45. The van der Waals surface area contributed by atoms with Crippen molar-refractivity contribution in [2.75, 3.05) is 13.6 Å². The zero-order chi connectivity index (χ0) is 16.7. The Morgan fingerprint density at radius 3 is 3.08 bits per heavy atom. The van der Waals surface area contributed by atoms with E-state index in [1.165, 1.54) is 11.1 Å². The molecule has 0 spiro atoms. The predicted molar refractivity (Wildman–Crippen MR) is 94.1 cm³/mol. The Kier molecular flexibility index (Phi) is 3.75. The van der Waals surface area contributed by atoms with Crippen molar-refractivity contribution in [1.82, 2.24) is 20.4 Å². The lowest BCUT2D eigenvalue weighted by Crippen LogP contribution is -2.33. The van der Waals surface area contributed by atoms with Crippen LogP contribution in [0.2, 0.25) is 5.02 Å². The molecule has 2 N–H and O–H groups in total. The molecule has 24 heavy (non-hydrogen) atoms. The minimum Gasteiger partial charge on any atom is -0.350 e. The van der Waals surface area contributed by atoms with Gasteiger partial charge in [0.2, 0.25) is 0 Å². The number of amides is 1. The summed E-state index contributed by atoms with van der Waals surface area (Å²) in [5.41, 5.74) is 3.88. The van der Waals surface area contributed by atoms with E-state index in [1.807, 2.05) is 18.2 Å². The van der Waals surface area contributed by atoms with Crippen LogP contribution in [-0.2, 0) is 6.54 Å². The second-order valence-electron chi connectivity index (χ2n) is 6.10. The number of carbonyl (C=O) groups excluding carboxylic acids is 1. The molecule has 1 aliphatic rings. The second kappa shape index (κ2) is 5.92. The highest BCUT2D eigenvalue weighted by atomic mass is 35.5. The fraction of sp³-hybridized carbons (Fsp3) is 0.222. The molecular formula is C18H17ClN4O. The topological polar surface area (TPSA) is 61.0 Å². The van der Waals surface area contributed by atoms with Gasteiger partial charge in [0.25, 0.3) is 5.91 Å². The molecule has 2 heterocycles. The second-order valence-corrected chi connectivity index (χ2v) is 6.48. The van der Waals surface area contributed by atoms with Gasteiger partial charge in [0.15, 0.2) is 0 Å². The molecule has 1 aromatic heterocycles. The zero-order valence-corrected chi connectivity index (χ0v) is 14.0. The van der Waals surface area contributed by atoms with E-state index in [2.05, 4.69) is 39.6 Å². The van der Waals surface area contributed by atoms with Crippen molar-refractivity contribution in [2.24, 2.45) is 0 Å². The Morgan fingerprint density at radius 1 is 1.38 bits per heavy atom. The fourth-order valence-electron chi connectivity index (χ4n) is 3.33. The Labute approximate surface area is 144 Å². The highest BCUT2D eigenvalue weighted by Gasteiger charge is 2.27. The summed E-state index contributed by atoms with van der Waals surface area (Å²) >= 11 is 6.35. The van der Waals surface area contributed by atoms with Crippen LogP contribution in [0.3, 0.4) is 0 Å². The summed E-state index contributed by atoms with van der Waals surface area (Å²) < 4.78 is 0. The Balaban J connectivity index is 1.53. The molecule has 1 aliphatic heterocycles. The standard InChI is InChI=1S/C18H17ClN4O/c1-23-10-11-4-2-3-5-12(11)16(23)9-20-18(24)13-6-7-15-14(17(13)19)8-21-22-15/h2-8,16H,9-10H2,1H3,(H,20,24)(H,21,22). The van der Waals surface area contributed by atoms with Crippen molar-refractivity contribution in [3.63, 3.8) is 0 Å². The number of H-pyrrole nitrogens is 1. The quantitative estimate of drug-likeness (QED) is 0.770. The molecule has 0 radical (unpaired) electrons. The number of rotatable bonds is 3. The van der Waals surface area contributed by atoms with Crippen LogP contribution in [-0.4, -0.2) is 34.6 Å². The maximum Gasteiger partial charge on any atom is 0.252 e. The monoisotopic (exact) mass is 340 g/mol. The number of nitrogens with zero attached hydrogens (tertiary/aromatic N) is 2. The third-order valence-corrected chi connectivity index (χ3v) is 5.03. The van der Waals surface area contributed by atoms with Crippen LogP contribution >= 0.6 is 11.6 Å². The maximum absolute atomic E-state index is 12.6. The van der Waals surface area contributed by atoms with E-state index in [9.17, 15) is 4.79 Å². The lowest BCUT2D eigenvalue weighted by atomic mass is 10.0. The number of benzene rings is 2. The first-order chi connectivity index (χ1) is 11.6. The van der Waals surface area contributed by atoms with Crippen LogP contribution in [0.4, 0.5) is 0 Å². The number of aromatic amines is 1. The molecule has 1 unspecified atom stereocenters. The van der Waals surface area contributed by atoms with Crippen LogP contribution < -0.4 is 5.32 Å². The zero-order valence-electron chi connectivity index (χ0n) is 13.2. The van der Waals surface area contributed by atoms with Gasteiger partial charge in [-0.15, -0.1) is 0 Å². The first kappa shape index (κ1) is 15.2. The number of hydrogen-bond acceptors (Lipinski definition) is 3. The van der Waals surface area contributed by atoms with Gasteiger partial charge in [0, 0.05) is 18.5 Å². The summed E-state index contributed by atoms with van der Waals surface area (Å²) in [5, 5.41) is 11.0. The predicted octanol–water partition coefficient (Wildman–Crippen LogP) is 3.13. The van der Waals surface area contributed by atoms with E-state index in [-0.39, 0.29) is 11.9 Å². The molecule has 1 amide bonds.